The normalized spacial score (nSPS) is 23.9. The van der Waals surface area contributed by atoms with E-state index in [0.717, 1.165) is 3.79 Å². The molecule has 3 unspecified atom stereocenters. The predicted octanol–water partition coefficient (Wildman–Crippen LogP) is 3.82. The molecule has 1 fully saturated rings. The molecule has 1 aliphatic rings. The van der Waals surface area contributed by atoms with Gasteiger partial charge in [-0.25, -0.2) is 0 Å². The fourth-order valence-electron chi connectivity index (χ4n) is 2.62. The Bertz CT molecular complexity index is 526. The summed E-state index contributed by atoms with van der Waals surface area (Å²) in [4.78, 5) is 0. The molecule has 18 heavy (non-hydrogen) atoms. The van der Waals surface area contributed by atoms with Crippen LogP contribution in [0.15, 0.2) is 45.6 Å². The lowest BCUT2D eigenvalue weighted by Gasteiger charge is -2.14. The fraction of sp³-hybridized carbons (Fsp3) is 0.286. The van der Waals surface area contributed by atoms with Crippen LogP contribution in [-0.2, 0) is 0 Å². The minimum atomic E-state index is 0.262. The second kappa shape index (κ2) is 5.13. The molecule has 2 nitrogen and oxygen atoms in total. The fourth-order valence-corrected chi connectivity index (χ4v) is 3.83. The standard InChI is InChI=1S/C14H15BrN2S/c15-13-6-10(8-18-13)14(17-16)12-7-11(12)9-4-2-1-3-5-9/h1-6,8,11-12,14,17H,7,16H2. The molecule has 1 aliphatic carbocycles. The van der Waals surface area contributed by atoms with Gasteiger partial charge in [-0.1, -0.05) is 30.3 Å². The molecule has 0 spiro atoms. The van der Waals surface area contributed by atoms with Gasteiger partial charge in [0.1, 0.15) is 0 Å². The third-order valence-corrected chi connectivity index (χ3v) is 5.14. The third kappa shape index (κ3) is 2.38. The monoisotopic (exact) mass is 322 g/mol. The molecule has 0 bridgehead atoms. The summed E-state index contributed by atoms with van der Waals surface area (Å²) in [5.41, 5.74) is 5.70. The van der Waals surface area contributed by atoms with Crippen molar-refractivity contribution in [1.82, 2.24) is 5.43 Å². The molecular formula is C14H15BrN2S. The maximum absolute atomic E-state index is 5.73. The minimum absolute atomic E-state index is 0.262. The zero-order chi connectivity index (χ0) is 12.5. The van der Waals surface area contributed by atoms with Gasteiger partial charge in [-0.2, -0.15) is 0 Å². The van der Waals surface area contributed by atoms with E-state index >= 15 is 0 Å². The van der Waals surface area contributed by atoms with Crippen LogP contribution < -0.4 is 11.3 Å². The number of rotatable bonds is 4. The van der Waals surface area contributed by atoms with Crippen LogP contribution in [0.5, 0.6) is 0 Å². The smallest absolute Gasteiger partial charge is 0.0701 e. The number of nitrogens with one attached hydrogen (secondary N) is 1. The van der Waals surface area contributed by atoms with Crippen molar-refractivity contribution in [2.24, 2.45) is 11.8 Å². The topological polar surface area (TPSA) is 38.0 Å². The van der Waals surface area contributed by atoms with Crippen molar-refractivity contribution in [3.05, 3.63) is 56.7 Å². The molecule has 1 aromatic heterocycles. The van der Waals surface area contributed by atoms with E-state index in [1.807, 2.05) is 0 Å². The highest BCUT2D eigenvalue weighted by Crippen LogP contribution is 2.54. The SMILES string of the molecule is NNC(c1csc(Br)c1)C1CC1c1ccccc1. The van der Waals surface area contributed by atoms with Crippen molar-refractivity contribution < 1.29 is 0 Å². The lowest BCUT2D eigenvalue weighted by atomic mass is 10.0. The number of hydrogen-bond donors (Lipinski definition) is 2. The molecule has 1 aromatic carbocycles. The summed E-state index contributed by atoms with van der Waals surface area (Å²) >= 11 is 5.22. The second-order valence-electron chi connectivity index (χ2n) is 4.75. The second-order valence-corrected chi connectivity index (χ2v) is 7.04. The molecule has 1 heterocycles. The first kappa shape index (κ1) is 12.4. The van der Waals surface area contributed by atoms with Crippen molar-refractivity contribution >= 4 is 27.3 Å². The van der Waals surface area contributed by atoms with Crippen LogP contribution in [0.3, 0.4) is 0 Å². The van der Waals surface area contributed by atoms with Crippen LogP contribution in [0.25, 0.3) is 0 Å². The van der Waals surface area contributed by atoms with Crippen LogP contribution in [0.4, 0.5) is 0 Å². The van der Waals surface area contributed by atoms with Crippen molar-refractivity contribution in [3.8, 4) is 0 Å². The Labute approximate surface area is 119 Å². The van der Waals surface area contributed by atoms with E-state index in [1.54, 1.807) is 11.3 Å². The van der Waals surface area contributed by atoms with Crippen molar-refractivity contribution in [3.63, 3.8) is 0 Å². The Kier molecular flexibility index (Phi) is 3.52. The first-order chi connectivity index (χ1) is 8.79. The number of thiophene rings is 1. The van der Waals surface area contributed by atoms with Crippen LogP contribution in [0.1, 0.15) is 29.5 Å². The Hall–Kier alpha value is -0.680. The summed E-state index contributed by atoms with van der Waals surface area (Å²) in [5.74, 6) is 6.99. The van der Waals surface area contributed by atoms with Gasteiger partial charge in [0.15, 0.2) is 0 Å². The first-order valence-corrected chi connectivity index (χ1v) is 7.72. The maximum Gasteiger partial charge on any atom is 0.0701 e. The summed E-state index contributed by atoms with van der Waals surface area (Å²) in [6.45, 7) is 0. The summed E-state index contributed by atoms with van der Waals surface area (Å²) in [6, 6.07) is 13.1. The zero-order valence-corrected chi connectivity index (χ0v) is 12.2. The van der Waals surface area contributed by atoms with Crippen LogP contribution in [0.2, 0.25) is 0 Å². The van der Waals surface area contributed by atoms with E-state index in [9.17, 15) is 0 Å². The average Bonchev–Trinajstić information content (AvgIpc) is 3.07. The quantitative estimate of drug-likeness (QED) is 0.663. The van der Waals surface area contributed by atoms with E-state index in [0.29, 0.717) is 11.8 Å². The Balaban J connectivity index is 1.76. The maximum atomic E-state index is 5.73. The summed E-state index contributed by atoms with van der Waals surface area (Å²) < 4.78 is 1.16. The van der Waals surface area contributed by atoms with E-state index in [4.69, 9.17) is 5.84 Å². The molecular weight excluding hydrogens is 308 g/mol. The largest absolute Gasteiger partial charge is 0.271 e. The van der Waals surface area contributed by atoms with Gasteiger partial charge in [0.05, 0.1) is 9.83 Å². The van der Waals surface area contributed by atoms with Crippen LogP contribution in [0, 0.1) is 5.92 Å². The molecule has 0 aliphatic heterocycles. The van der Waals surface area contributed by atoms with Crippen molar-refractivity contribution in [2.45, 2.75) is 18.4 Å². The van der Waals surface area contributed by atoms with Gasteiger partial charge >= 0.3 is 0 Å². The molecule has 0 amide bonds. The van der Waals surface area contributed by atoms with Gasteiger partial charge in [-0.05, 0) is 56.8 Å². The molecule has 2 aromatic rings. The van der Waals surface area contributed by atoms with E-state index in [-0.39, 0.29) is 6.04 Å². The molecule has 4 heteroatoms. The van der Waals surface area contributed by atoms with Crippen LogP contribution >= 0.6 is 27.3 Å². The van der Waals surface area contributed by atoms with Gasteiger partial charge in [-0.15, -0.1) is 11.3 Å². The van der Waals surface area contributed by atoms with E-state index in [1.165, 1.54) is 17.5 Å². The van der Waals surface area contributed by atoms with Crippen LogP contribution in [-0.4, -0.2) is 0 Å². The van der Waals surface area contributed by atoms with Gasteiger partial charge in [0, 0.05) is 0 Å². The van der Waals surface area contributed by atoms with E-state index in [2.05, 4.69) is 63.1 Å². The van der Waals surface area contributed by atoms with Gasteiger partial charge < -0.3 is 0 Å². The van der Waals surface area contributed by atoms with Gasteiger partial charge in [0.25, 0.3) is 0 Å². The lowest BCUT2D eigenvalue weighted by Crippen LogP contribution is -2.29. The summed E-state index contributed by atoms with van der Waals surface area (Å²) in [5, 5.41) is 2.18. The molecule has 1 saturated carbocycles. The highest BCUT2D eigenvalue weighted by molar-refractivity contribution is 9.11. The Morgan fingerprint density at radius 1 is 1.33 bits per heavy atom. The summed E-state index contributed by atoms with van der Waals surface area (Å²) in [7, 11) is 0. The third-order valence-electron chi connectivity index (χ3n) is 3.62. The number of nitrogens with two attached hydrogens (primary N) is 1. The highest BCUT2D eigenvalue weighted by atomic mass is 79.9. The van der Waals surface area contributed by atoms with Gasteiger partial charge in [0.2, 0.25) is 0 Å². The van der Waals surface area contributed by atoms with Crippen molar-refractivity contribution in [2.75, 3.05) is 0 Å². The van der Waals surface area contributed by atoms with Crippen molar-refractivity contribution in [1.29, 1.82) is 0 Å². The molecule has 94 valence electrons. The van der Waals surface area contributed by atoms with Gasteiger partial charge in [-0.3, -0.25) is 11.3 Å². The zero-order valence-electron chi connectivity index (χ0n) is 9.84. The Morgan fingerprint density at radius 3 is 2.72 bits per heavy atom. The molecule has 0 radical (unpaired) electrons. The number of benzene rings is 1. The molecule has 0 saturated heterocycles. The first-order valence-electron chi connectivity index (χ1n) is 6.04. The molecule has 3 N–H and O–H groups in total. The number of halogens is 1. The average molecular weight is 323 g/mol. The number of hydrazine groups is 1. The Morgan fingerprint density at radius 2 is 2.11 bits per heavy atom. The summed E-state index contributed by atoms with van der Waals surface area (Å²) in [6.07, 6.45) is 1.21. The highest BCUT2D eigenvalue weighted by Gasteiger charge is 2.44. The minimum Gasteiger partial charge on any atom is -0.271 e. The predicted molar refractivity (Wildman–Crippen MR) is 79.4 cm³/mol. The number of hydrogen-bond acceptors (Lipinski definition) is 3. The molecule has 3 atom stereocenters. The van der Waals surface area contributed by atoms with E-state index < -0.39 is 0 Å². The lowest BCUT2D eigenvalue weighted by molar-refractivity contribution is 0.488. The molecule has 3 rings (SSSR count).